The first-order valence-electron chi connectivity index (χ1n) is 8.78. The van der Waals surface area contributed by atoms with Gasteiger partial charge in [0.25, 0.3) is 5.91 Å². The van der Waals surface area contributed by atoms with E-state index in [4.69, 9.17) is 0 Å². The number of nitrogens with zero attached hydrogens (tertiary/aromatic N) is 2. The standard InChI is InChI=1S/C20H25N3O3S/c1-4-8-19(17-9-6-5-7-10-17)21-22-20(24)15-23(3)27(25,26)18-13-11-16(2)12-14-18/h5-7,9-14H,4,8,15H2,1-3H3,(H,22,24)/b21-19-. The molecule has 6 nitrogen and oxygen atoms in total. The fraction of sp³-hybridized carbons (Fsp3) is 0.300. The van der Waals surface area contributed by atoms with Crippen LogP contribution in [-0.2, 0) is 14.8 Å². The first-order valence-corrected chi connectivity index (χ1v) is 10.2. The Kier molecular flexibility index (Phi) is 7.27. The van der Waals surface area contributed by atoms with Crippen LogP contribution in [0.5, 0.6) is 0 Å². The van der Waals surface area contributed by atoms with Crippen molar-refractivity contribution in [1.29, 1.82) is 0 Å². The van der Waals surface area contributed by atoms with Gasteiger partial charge in [0.2, 0.25) is 10.0 Å². The van der Waals surface area contributed by atoms with Crippen molar-refractivity contribution >= 4 is 21.6 Å². The average molecular weight is 388 g/mol. The summed E-state index contributed by atoms with van der Waals surface area (Å²) < 4.78 is 26.1. The van der Waals surface area contributed by atoms with E-state index in [0.717, 1.165) is 27.6 Å². The maximum atomic E-state index is 12.6. The third-order valence-electron chi connectivity index (χ3n) is 4.00. The molecule has 2 rings (SSSR count). The number of hydrazone groups is 1. The number of sulfonamides is 1. The topological polar surface area (TPSA) is 78.8 Å². The van der Waals surface area contributed by atoms with E-state index in [2.05, 4.69) is 10.5 Å². The summed E-state index contributed by atoms with van der Waals surface area (Å²) in [5, 5.41) is 4.20. The number of amides is 1. The number of aryl methyl sites for hydroxylation is 1. The molecule has 0 spiro atoms. The molecule has 27 heavy (non-hydrogen) atoms. The van der Waals surface area contributed by atoms with E-state index >= 15 is 0 Å². The first-order chi connectivity index (χ1) is 12.8. The Hall–Kier alpha value is -2.51. The Balaban J connectivity index is 2.06. The molecule has 1 N–H and O–H groups in total. The largest absolute Gasteiger partial charge is 0.272 e. The minimum Gasteiger partial charge on any atom is -0.272 e. The van der Waals surface area contributed by atoms with Crippen LogP contribution in [0.2, 0.25) is 0 Å². The Bertz CT molecular complexity index is 892. The van der Waals surface area contributed by atoms with E-state index in [-0.39, 0.29) is 11.4 Å². The lowest BCUT2D eigenvalue weighted by Crippen LogP contribution is -2.37. The normalized spacial score (nSPS) is 12.2. The van der Waals surface area contributed by atoms with Crippen LogP contribution in [0.25, 0.3) is 0 Å². The second-order valence-electron chi connectivity index (χ2n) is 6.28. The summed E-state index contributed by atoms with van der Waals surface area (Å²) in [6.45, 7) is 3.60. The Morgan fingerprint density at radius 2 is 1.70 bits per heavy atom. The van der Waals surface area contributed by atoms with E-state index < -0.39 is 15.9 Å². The highest BCUT2D eigenvalue weighted by atomic mass is 32.2. The molecular formula is C20H25N3O3S. The summed E-state index contributed by atoms with van der Waals surface area (Å²) in [7, 11) is -2.35. The van der Waals surface area contributed by atoms with Crippen LogP contribution in [0.3, 0.4) is 0 Å². The van der Waals surface area contributed by atoms with Crippen LogP contribution in [0, 0.1) is 6.92 Å². The van der Waals surface area contributed by atoms with Crippen molar-refractivity contribution in [2.45, 2.75) is 31.6 Å². The van der Waals surface area contributed by atoms with Gasteiger partial charge in [-0.05, 0) is 31.0 Å². The van der Waals surface area contributed by atoms with Crippen molar-refractivity contribution < 1.29 is 13.2 Å². The van der Waals surface area contributed by atoms with Crippen molar-refractivity contribution in [3.05, 3.63) is 65.7 Å². The predicted molar refractivity (Wildman–Crippen MR) is 107 cm³/mol. The summed E-state index contributed by atoms with van der Waals surface area (Å²) in [6.07, 6.45) is 1.59. The molecule has 0 saturated heterocycles. The molecule has 2 aromatic rings. The number of carbonyl (C=O) groups excluding carboxylic acids is 1. The molecule has 0 saturated carbocycles. The first kappa shape index (κ1) is 20.8. The van der Waals surface area contributed by atoms with Gasteiger partial charge in [-0.3, -0.25) is 4.79 Å². The average Bonchev–Trinajstić information content (AvgIpc) is 2.66. The number of hydrogen-bond acceptors (Lipinski definition) is 4. The van der Waals surface area contributed by atoms with Gasteiger partial charge in [-0.1, -0.05) is 61.4 Å². The molecule has 0 unspecified atom stereocenters. The predicted octanol–water partition coefficient (Wildman–Crippen LogP) is 2.94. The highest BCUT2D eigenvalue weighted by Gasteiger charge is 2.22. The molecule has 0 heterocycles. The summed E-state index contributed by atoms with van der Waals surface area (Å²) in [5.74, 6) is -0.488. The van der Waals surface area contributed by atoms with Gasteiger partial charge in [0.15, 0.2) is 0 Å². The van der Waals surface area contributed by atoms with Crippen molar-refractivity contribution in [2.75, 3.05) is 13.6 Å². The highest BCUT2D eigenvalue weighted by molar-refractivity contribution is 7.89. The van der Waals surface area contributed by atoms with Crippen molar-refractivity contribution in [1.82, 2.24) is 9.73 Å². The lowest BCUT2D eigenvalue weighted by Gasteiger charge is -2.16. The number of nitrogens with one attached hydrogen (secondary N) is 1. The highest BCUT2D eigenvalue weighted by Crippen LogP contribution is 2.14. The van der Waals surface area contributed by atoms with Crippen molar-refractivity contribution in [3.8, 4) is 0 Å². The van der Waals surface area contributed by atoms with Gasteiger partial charge in [0.1, 0.15) is 0 Å². The molecule has 0 aliphatic heterocycles. The molecule has 0 radical (unpaired) electrons. The molecule has 7 heteroatoms. The molecule has 0 aliphatic rings. The minimum absolute atomic E-state index is 0.155. The fourth-order valence-electron chi connectivity index (χ4n) is 2.47. The summed E-state index contributed by atoms with van der Waals surface area (Å²) >= 11 is 0. The third-order valence-corrected chi connectivity index (χ3v) is 5.82. The van der Waals surface area contributed by atoms with Gasteiger partial charge in [0, 0.05) is 7.05 Å². The van der Waals surface area contributed by atoms with E-state index in [1.807, 2.05) is 44.2 Å². The monoisotopic (exact) mass is 387 g/mol. The van der Waals surface area contributed by atoms with Crippen LogP contribution >= 0.6 is 0 Å². The lowest BCUT2D eigenvalue weighted by molar-refractivity contribution is -0.121. The van der Waals surface area contributed by atoms with Crippen LogP contribution in [0.15, 0.2) is 64.6 Å². The molecule has 0 atom stereocenters. The molecular weight excluding hydrogens is 362 g/mol. The van der Waals surface area contributed by atoms with Gasteiger partial charge >= 0.3 is 0 Å². The lowest BCUT2D eigenvalue weighted by atomic mass is 10.1. The molecule has 0 aliphatic carbocycles. The Morgan fingerprint density at radius 3 is 2.30 bits per heavy atom. The summed E-state index contributed by atoms with van der Waals surface area (Å²) in [6, 6.07) is 16.1. The van der Waals surface area contributed by atoms with Gasteiger partial charge in [-0.2, -0.15) is 9.41 Å². The number of hydrogen-bond donors (Lipinski definition) is 1. The molecule has 0 fully saturated rings. The van der Waals surface area contributed by atoms with E-state index in [9.17, 15) is 13.2 Å². The third kappa shape index (κ3) is 5.74. The van der Waals surface area contributed by atoms with Gasteiger partial charge in [-0.15, -0.1) is 0 Å². The number of benzene rings is 2. The number of carbonyl (C=O) groups is 1. The minimum atomic E-state index is -3.73. The Morgan fingerprint density at radius 1 is 1.07 bits per heavy atom. The molecule has 144 valence electrons. The van der Waals surface area contributed by atoms with E-state index in [1.165, 1.54) is 19.2 Å². The zero-order chi connectivity index (χ0) is 19.9. The second-order valence-corrected chi connectivity index (χ2v) is 8.33. The Labute approximate surface area is 161 Å². The van der Waals surface area contributed by atoms with Crippen molar-refractivity contribution in [2.24, 2.45) is 5.10 Å². The van der Waals surface area contributed by atoms with Gasteiger partial charge in [-0.25, -0.2) is 13.8 Å². The van der Waals surface area contributed by atoms with Crippen LogP contribution in [0.1, 0.15) is 30.9 Å². The zero-order valence-electron chi connectivity index (χ0n) is 15.8. The van der Waals surface area contributed by atoms with Crippen LogP contribution in [0.4, 0.5) is 0 Å². The zero-order valence-corrected chi connectivity index (χ0v) is 16.7. The summed E-state index contributed by atoms with van der Waals surface area (Å²) in [5.41, 5.74) is 5.13. The molecule has 2 aromatic carbocycles. The van der Waals surface area contributed by atoms with E-state index in [1.54, 1.807) is 12.1 Å². The van der Waals surface area contributed by atoms with Crippen LogP contribution in [-0.4, -0.2) is 37.9 Å². The van der Waals surface area contributed by atoms with E-state index in [0.29, 0.717) is 6.42 Å². The number of likely N-dealkylation sites (N-methyl/N-ethyl adjacent to an activating group) is 1. The smallest absolute Gasteiger partial charge is 0.255 e. The fourth-order valence-corrected chi connectivity index (χ4v) is 3.60. The maximum Gasteiger partial charge on any atom is 0.255 e. The SMILES string of the molecule is CCC/C(=N/NC(=O)CN(C)S(=O)(=O)c1ccc(C)cc1)c1ccccc1. The number of rotatable bonds is 8. The van der Waals surface area contributed by atoms with Gasteiger partial charge < -0.3 is 0 Å². The van der Waals surface area contributed by atoms with Gasteiger partial charge in [0.05, 0.1) is 17.2 Å². The quantitative estimate of drug-likeness (QED) is 0.559. The van der Waals surface area contributed by atoms with Crippen LogP contribution < -0.4 is 5.43 Å². The second kappa shape index (κ2) is 9.43. The van der Waals surface area contributed by atoms with Crippen molar-refractivity contribution in [3.63, 3.8) is 0 Å². The summed E-state index contributed by atoms with van der Waals surface area (Å²) in [4.78, 5) is 12.4. The molecule has 0 bridgehead atoms. The molecule has 1 amide bonds. The molecule has 0 aromatic heterocycles. The maximum absolute atomic E-state index is 12.6.